The van der Waals surface area contributed by atoms with Gasteiger partial charge in [0.05, 0.1) is 6.54 Å². The average molecular weight is 255 g/mol. The number of hydrogen-bond acceptors (Lipinski definition) is 3. The molecule has 1 rings (SSSR count). The zero-order valence-electron chi connectivity index (χ0n) is 11.5. The minimum Gasteiger partial charge on any atom is -0.341 e. The second-order valence-corrected chi connectivity index (χ2v) is 4.87. The Hall–Kier alpha value is -1.10. The van der Waals surface area contributed by atoms with E-state index in [1.165, 1.54) is 0 Å². The number of hydrogen-bond donors (Lipinski definition) is 2. The molecule has 1 aliphatic carbocycles. The van der Waals surface area contributed by atoms with Crippen LogP contribution in [0.25, 0.3) is 0 Å². The van der Waals surface area contributed by atoms with Crippen molar-refractivity contribution in [2.24, 2.45) is 5.73 Å². The molecule has 0 heterocycles. The van der Waals surface area contributed by atoms with Crippen LogP contribution in [0.2, 0.25) is 0 Å². The van der Waals surface area contributed by atoms with Crippen LogP contribution in [0.1, 0.15) is 46.0 Å². The van der Waals surface area contributed by atoms with E-state index >= 15 is 0 Å². The minimum atomic E-state index is -0.708. The van der Waals surface area contributed by atoms with E-state index in [0.717, 1.165) is 32.1 Å². The van der Waals surface area contributed by atoms with E-state index in [-0.39, 0.29) is 18.4 Å². The Bertz CT molecular complexity index is 295. The Balaban J connectivity index is 2.88. The monoisotopic (exact) mass is 255 g/mol. The first-order valence-corrected chi connectivity index (χ1v) is 6.90. The van der Waals surface area contributed by atoms with Crippen LogP contribution >= 0.6 is 0 Å². The average Bonchev–Trinajstić information content (AvgIpc) is 2.40. The first-order chi connectivity index (χ1) is 8.59. The number of carbonyl (C=O) groups is 2. The van der Waals surface area contributed by atoms with E-state index in [0.29, 0.717) is 13.1 Å². The van der Waals surface area contributed by atoms with E-state index in [4.69, 9.17) is 5.73 Å². The van der Waals surface area contributed by atoms with Crippen molar-refractivity contribution in [2.75, 3.05) is 19.6 Å². The highest BCUT2D eigenvalue weighted by atomic mass is 16.2. The number of carbonyl (C=O) groups excluding carboxylic acids is 2. The van der Waals surface area contributed by atoms with Gasteiger partial charge in [-0.05, 0) is 26.7 Å². The van der Waals surface area contributed by atoms with Crippen molar-refractivity contribution in [3.8, 4) is 0 Å². The molecule has 5 nitrogen and oxygen atoms in total. The Labute approximate surface area is 109 Å². The van der Waals surface area contributed by atoms with E-state index in [1.807, 2.05) is 13.8 Å². The van der Waals surface area contributed by atoms with Gasteiger partial charge >= 0.3 is 0 Å². The quantitative estimate of drug-likeness (QED) is 0.756. The standard InChI is InChI=1S/C13H25N3O2/c1-3-16(4-2)12(18)13(15-11(17)10-14)8-6-5-7-9-13/h3-10,14H2,1-2H3,(H,15,17). The molecule has 0 aromatic heterocycles. The molecule has 3 N–H and O–H groups in total. The van der Waals surface area contributed by atoms with E-state index in [1.54, 1.807) is 4.90 Å². The maximum Gasteiger partial charge on any atom is 0.248 e. The molecule has 0 unspecified atom stereocenters. The molecule has 1 aliphatic rings. The van der Waals surface area contributed by atoms with Gasteiger partial charge in [-0.25, -0.2) is 0 Å². The minimum absolute atomic E-state index is 0.0500. The van der Waals surface area contributed by atoms with Gasteiger partial charge < -0.3 is 16.0 Å². The van der Waals surface area contributed by atoms with E-state index < -0.39 is 5.54 Å². The highest BCUT2D eigenvalue weighted by molar-refractivity contribution is 5.92. The molecule has 104 valence electrons. The zero-order valence-corrected chi connectivity index (χ0v) is 11.5. The van der Waals surface area contributed by atoms with Crippen molar-refractivity contribution < 1.29 is 9.59 Å². The Morgan fingerprint density at radius 2 is 1.72 bits per heavy atom. The highest BCUT2D eigenvalue weighted by Gasteiger charge is 2.42. The molecule has 0 aliphatic heterocycles. The van der Waals surface area contributed by atoms with Gasteiger partial charge in [-0.3, -0.25) is 9.59 Å². The second kappa shape index (κ2) is 6.73. The van der Waals surface area contributed by atoms with Crippen molar-refractivity contribution >= 4 is 11.8 Å². The van der Waals surface area contributed by atoms with Crippen LogP contribution in [0, 0.1) is 0 Å². The molecule has 0 saturated heterocycles. The van der Waals surface area contributed by atoms with Gasteiger partial charge in [-0.1, -0.05) is 19.3 Å². The molecule has 2 amide bonds. The van der Waals surface area contributed by atoms with Gasteiger partial charge in [-0.2, -0.15) is 0 Å². The molecule has 5 heteroatoms. The predicted molar refractivity (Wildman–Crippen MR) is 70.9 cm³/mol. The smallest absolute Gasteiger partial charge is 0.248 e. The molecule has 0 bridgehead atoms. The van der Waals surface area contributed by atoms with Gasteiger partial charge in [0, 0.05) is 13.1 Å². The number of nitrogens with one attached hydrogen (secondary N) is 1. The molecule has 0 aromatic carbocycles. The lowest BCUT2D eigenvalue weighted by atomic mass is 9.80. The molecule has 0 atom stereocenters. The summed E-state index contributed by atoms with van der Waals surface area (Å²) >= 11 is 0. The fourth-order valence-electron chi connectivity index (χ4n) is 2.68. The third-order valence-corrected chi connectivity index (χ3v) is 3.73. The van der Waals surface area contributed by atoms with Crippen molar-refractivity contribution in [3.63, 3.8) is 0 Å². The molecule has 1 fully saturated rings. The van der Waals surface area contributed by atoms with Gasteiger partial charge in [0.25, 0.3) is 0 Å². The fourth-order valence-corrected chi connectivity index (χ4v) is 2.68. The number of likely N-dealkylation sites (N-methyl/N-ethyl adjacent to an activating group) is 1. The summed E-state index contributed by atoms with van der Waals surface area (Å²) in [6.45, 7) is 5.21. The Morgan fingerprint density at radius 1 is 1.17 bits per heavy atom. The Kier molecular flexibility index (Phi) is 5.59. The third kappa shape index (κ3) is 3.22. The summed E-state index contributed by atoms with van der Waals surface area (Å²) in [5.74, 6) is -0.189. The first-order valence-electron chi connectivity index (χ1n) is 6.90. The van der Waals surface area contributed by atoms with Gasteiger partial charge in [0.1, 0.15) is 5.54 Å². The topological polar surface area (TPSA) is 75.4 Å². The summed E-state index contributed by atoms with van der Waals surface area (Å²) < 4.78 is 0. The first kappa shape index (κ1) is 15.0. The SMILES string of the molecule is CCN(CC)C(=O)C1(NC(=O)CN)CCCCC1. The van der Waals surface area contributed by atoms with Crippen LogP contribution in [0.15, 0.2) is 0 Å². The number of amides is 2. The van der Waals surface area contributed by atoms with Crippen molar-refractivity contribution in [1.29, 1.82) is 0 Å². The summed E-state index contributed by atoms with van der Waals surface area (Å²) in [4.78, 5) is 26.0. The van der Waals surface area contributed by atoms with Gasteiger partial charge in [-0.15, -0.1) is 0 Å². The van der Waals surface area contributed by atoms with E-state index in [2.05, 4.69) is 5.32 Å². The fraction of sp³-hybridized carbons (Fsp3) is 0.846. The molecule has 0 aromatic rings. The molecule has 1 saturated carbocycles. The molecule has 0 radical (unpaired) electrons. The zero-order chi connectivity index (χ0) is 13.6. The molecule has 0 spiro atoms. The summed E-state index contributed by atoms with van der Waals surface area (Å²) in [5, 5.41) is 2.88. The van der Waals surface area contributed by atoms with Crippen molar-refractivity contribution in [3.05, 3.63) is 0 Å². The van der Waals surface area contributed by atoms with Crippen LogP contribution in [0.5, 0.6) is 0 Å². The number of nitrogens with two attached hydrogens (primary N) is 1. The molecular weight excluding hydrogens is 230 g/mol. The molecular formula is C13H25N3O2. The van der Waals surface area contributed by atoms with Gasteiger partial charge in [0.2, 0.25) is 11.8 Å². The number of rotatable bonds is 5. The predicted octanol–water partition coefficient (Wildman–Crippen LogP) is 0.633. The lowest BCUT2D eigenvalue weighted by Crippen LogP contribution is -2.61. The normalized spacial score (nSPS) is 18.2. The maximum atomic E-state index is 12.6. The second-order valence-electron chi connectivity index (χ2n) is 4.87. The Morgan fingerprint density at radius 3 is 2.17 bits per heavy atom. The summed E-state index contributed by atoms with van der Waals surface area (Å²) in [6.07, 6.45) is 4.56. The summed E-state index contributed by atoms with van der Waals surface area (Å²) in [7, 11) is 0. The van der Waals surface area contributed by atoms with Crippen LogP contribution in [-0.4, -0.2) is 41.9 Å². The molecule has 18 heavy (non-hydrogen) atoms. The van der Waals surface area contributed by atoms with E-state index in [9.17, 15) is 9.59 Å². The summed E-state index contributed by atoms with van der Waals surface area (Å²) in [6, 6.07) is 0. The lowest BCUT2D eigenvalue weighted by Gasteiger charge is -2.39. The summed E-state index contributed by atoms with van der Waals surface area (Å²) in [5.41, 5.74) is 4.64. The van der Waals surface area contributed by atoms with Crippen LogP contribution in [0.3, 0.4) is 0 Å². The van der Waals surface area contributed by atoms with Crippen LogP contribution in [-0.2, 0) is 9.59 Å². The third-order valence-electron chi connectivity index (χ3n) is 3.73. The van der Waals surface area contributed by atoms with Crippen molar-refractivity contribution in [2.45, 2.75) is 51.5 Å². The van der Waals surface area contributed by atoms with Crippen LogP contribution in [0.4, 0.5) is 0 Å². The largest absolute Gasteiger partial charge is 0.341 e. The lowest BCUT2D eigenvalue weighted by molar-refractivity contribution is -0.143. The highest BCUT2D eigenvalue weighted by Crippen LogP contribution is 2.30. The van der Waals surface area contributed by atoms with Gasteiger partial charge in [0.15, 0.2) is 0 Å². The van der Waals surface area contributed by atoms with Crippen LogP contribution < -0.4 is 11.1 Å². The maximum absolute atomic E-state index is 12.6. The van der Waals surface area contributed by atoms with Crippen molar-refractivity contribution in [1.82, 2.24) is 10.2 Å². The number of nitrogens with zero attached hydrogens (tertiary/aromatic N) is 1.